The maximum absolute atomic E-state index is 11.2. The van der Waals surface area contributed by atoms with Gasteiger partial charge in [0.05, 0.1) is 6.10 Å². The number of epoxide rings is 1. The van der Waals surface area contributed by atoms with Gasteiger partial charge in [0.1, 0.15) is 6.10 Å². The molecule has 1 rings (SSSR count). The smallest absolute Gasteiger partial charge is 0.167 e. The Bertz CT molecular complexity index is 172. The summed E-state index contributed by atoms with van der Waals surface area (Å²) >= 11 is 0. The highest BCUT2D eigenvalue weighted by Crippen LogP contribution is 2.26. The van der Waals surface area contributed by atoms with E-state index in [4.69, 9.17) is 4.74 Å². The topological polar surface area (TPSA) is 29.6 Å². The quantitative estimate of drug-likeness (QED) is 0.455. The third-order valence-electron chi connectivity index (χ3n) is 1.86. The molecule has 2 atom stereocenters. The number of ether oxygens (including phenoxy) is 1. The third-order valence-corrected chi connectivity index (χ3v) is 1.86. The second-order valence-electron chi connectivity index (χ2n) is 2.74. The molecule has 2 nitrogen and oxygen atoms in total. The van der Waals surface area contributed by atoms with E-state index in [9.17, 15) is 4.79 Å². The lowest BCUT2D eigenvalue weighted by atomic mass is 10.1. The highest BCUT2D eigenvalue weighted by molar-refractivity contribution is 5.86. The summed E-state index contributed by atoms with van der Waals surface area (Å²) in [5.74, 6) is 0.218. The summed E-state index contributed by atoms with van der Waals surface area (Å²) in [4.78, 5) is 11.2. The van der Waals surface area contributed by atoms with E-state index in [1.807, 2.05) is 26.0 Å². The van der Waals surface area contributed by atoms with Crippen molar-refractivity contribution >= 4 is 5.78 Å². The summed E-state index contributed by atoms with van der Waals surface area (Å²) < 4.78 is 5.14. The fourth-order valence-electron chi connectivity index (χ4n) is 1.09. The molecule has 0 saturated carbocycles. The van der Waals surface area contributed by atoms with Gasteiger partial charge in [-0.15, -0.1) is 0 Å². The minimum absolute atomic E-state index is 0.0869. The van der Waals surface area contributed by atoms with Crippen LogP contribution in [0.1, 0.15) is 26.7 Å². The second-order valence-corrected chi connectivity index (χ2v) is 2.74. The van der Waals surface area contributed by atoms with Crippen LogP contribution in [-0.2, 0) is 9.53 Å². The molecule has 0 bridgehead atoms. The monoisotopic (exact) mass is 154 g/mol. The summed E-state index contributed by atoms with van der Waals surface area (Å²) in [6.45, 7) is 3.95. The summed E-state index contributed by atoms with van der Waals surface area (Å²) in [7, 11) is 0. The summed E-state index contributed by atoms with van der Waals surface area (Å²) in [6.07, 6.45) is 5.37. The van der Waals surface area contributed by atoms with Gasteiger partial charge in [0.25, 0.3) is 0 Å². The lowest BCUT2D eigenvalue weighted by Gasteiger charge is -1.87. The van der Waals surface area contributed by atoms with Crippen molar-refractivity contribution in [3.63, 3.8) is 0 Å². The Morgan fingerprint density at radius 2 is 2.36 bits per heavy atom. The Kier molecular flexibility index (Phi) is 2.83. The summed E-state index contributed by atoms with van der Waals surface area (Å²) in [5.41, 5.74) is 0. The van der Waals surface area contributed by atoms with Gasteiger partial charge in [-0.05, 0) is 13.3 Å². The Morgan fingerprint density at radius 3 is 2.82 bits per heavy atom. The van der Waals surface area contributed by atoms with Crippen LogP contribution in [0.2, 0.25) is 0 Å². The van der Waals surface area contributed by atoms with Gasteiger partial charge in [-0.25, -0.2) is 0 Å². The van der Waals surface area contributed by atoms with Crippen molar-refractivity contribution in [3.05, 3.63) is 12.2 Å². The van der Waals surface area contributed by atoms with Gasteiger partial charge in [0, 0.05) is 6.42 Å². The molecule has 1 aliphatic heterocycles. The van der Waals surface area contributed by atoms with E-state index in [1.54, 1.807) is 0 Å². The molecule has 0 radical (unpaired) electrons. The Morgan fingerprint density at radius 1 is 1.64 bits per heavy atom. The molecule has 0 N–H and O–H groups in total. The number of hydrogen-bond acceptors (Lipinski definition) is 2. The fraction of sp³-hybridized carbons (Fsp3) is 0.667. The van der Waals surface area contributed by atoms with Crippen molar-refractivity contribution < 1.29 is 9.53 Å². The van der Waals surface area contributed by atoms with Crippen LogP contribution in [0, 0.1) is 0 Å². The van der Waals surface area contributed by atoms with Gasteiger partial charge < -0.3 is 4.74 Å². The first-order valence-corrected chi connectivity index (χ1v) is 4.09. The zero-order valence-electron chi connectivity index (χ0n) is 7.04. The average molecular weight is 154 g/mol. The molecule has 1 aliphatic rings. The summed E-state index contributed by atoms with van der Waals surface area (Å²) in [6, 6.07) is 0. The SMILES string of the molecule is C/C=C/CC(=O)C1OC1CC. The van der Waals surface area contributed by atoms with Crippen LogP contribution in [0.5, 0.6) is 0 Å². The van der Waals surface area contributed by atoms with Crippen LogP contribution in [0.25, 0.3) is 0 Å². The van der Waals surface area contributed by atoms with E-state index < -0.39 is 0 Å². The first kappa shape index (κ1) is 8.47. The zero-order chi connectivity index (χ0) is 8.27. The molecule has 1 saturated heterocycles. The number of carbonyl (C=O) groups excluding carboxylic acids is 1. The van der Waals surface area contributed by atoms with Gasteiger partial charge in [0.15, 0.2) is 5.78 Å². The molecule has 2 unspecified atom stereocenters. The maximum Gasteiger partial charge on any atom is 0.167 e. The van der Waals surface area contributed by atoms with Crippen molar-refractivity contribution in [3.8, 4) is 0 Å². The van der Waals surface area contributed by atoms with Crippen LogP contribution in [0.15, 0.2) is 12.2 Å². The number of rotatable bonds is 4. The van der Waals surface area contributed by atoms with Gasteiger partial charge in [-0.3, -0.25) is 4.79 Å². The number of ketones is 1. The normalized spacial score (nSPS) is 29.3. The third kappa shape index (κ3) is 2.15. The minimum Gasteiger partial charge on any atom is -0.361 e. The van der Waals surface area contributed by atoms with E-state index >= 15 is 0 Å². The Balaban J connectivity index is 2.22. The number of allylic oxidation sites excluding steroid dienone is 2. The van der Waals surface area contributed by atoms with Gasteiger partial charge >= 0.3 is 0 Å². The van der Waals surface area contributed by atoms with Crippen molar-refractivity contribution in [1.29, 1.82) is 0 Å². The highest BCUT2D eigenvalue weighted by Gasteiger charge is 2.42. The van der Waals surface area contributed by atoms with Crippen LogP contribution >= 0.6 is 0 Å². The van der Waals surface area contributed by atoms with Crippen LogP contribution in [0.4, 0.5) is 0 Å². The zero-order valence-corrected chi connectivity index (χ0v) is 7.04. The Hall–Kier alpha value is -0.630. The molecule has 62 valence electrons. The van der Waals surface area contributed by atoms with Crippen LogP contribution in [0.3, 0.4) is 0 Å². The van der Waals surface area contributed by atoms with Crippen LogP contribution < -0.4 is 0 Å². The standard InChI is InChI=1S/C9H14O2/c1-3-5-6-7(10)9-8(4-2)11-9/h3,5,8-9H,4,6H2,1-2H3/b5-3+. The van der Waals surface area contributed by atoms with Crippen LogP contribution in [-0.4, -0.2) is 18.0 Å². The average Bonchev–Trinajstić information content (AvgIpc) is 2.78. The molecule has 1 fully saturated rings. The van der Waals surface area contributed by atoms with Crippen molar-refractivity contribution in [2.24, 2.45) is 0 Å². The van der Waals surface area contributed by atoms with E-state index in [-0.39, 0.29) is 18.0 Å². The number of Topliss-reactive ketones (excluding diaryl/α,β-unsaturated/α-hetero) is 1. The number of hydrogen-bond donors (Lipinski definition) is 0. The molecule has 0 spiro atoms. The predicted molar refractivity (Wildman–Crippen MR) is 43.4 cm³/mol. The molecule has 0 aromatic heterocycles. The van der Waals surface area contributed by atoms with E-state index in [2.05, 4.69) is 0 Å². The molecule has 0 aromatic rings. The van der Waals surface area contributed by atoms with Gasteiger partial charge in [-0.2, -0.15) is 0 Å². The van der Waals surface area contributed by atoms with Crippen molar-refractivity contribution in [2.45, 2.75) is 38.9 Å². The van der Waals surface area contributed by atoms with E-state index in [0.29, 0.717) is 6.42 Å². The molecular formula is C9H14O2. The Labute approximate surface area is 67.2 Å². The van der Waals surface area contributed by atoms with Crippen molar-refractivity contribution in [1.82, 2.24) is 0 Å². The molecule has 0 aliphatic carbocycles. The first-order valence-electron chi connectivity index (χ1n) is 4.09. The molecule has 1 heterocycles. The molecule has 11 heavy (non-hydrogen) atoms. The number of carbonyl (C=O) groups is 1. The molecule has 0 amide bonds. The minimum atomic E-state index is -0.0869. The van der Waals surface area contributed by atoms with E-state index in [0.717, 1.165) is 6.42 Å². The molecular weight excluding hydrogens is 140 g/mol. The second kappa shape index (κ2) is 3.67. The van der Waals surface area contributed by atoms with Gasteiger partial charge in [-0.1, -0.05) is 19.1 Å². The predicted octanol–water partition coefficient (Wildman–Crippen LogP) is 1.70. The molecule has 0 aromatic carbocycles. The van der Waals surface area contributed by atoms with Gasteiger partial charge in [0.2, 0.25) is 0 Å². The largest absolute Gasteiger partial charge is 0.361 e. The maximum atomic E-state index is 11.2. The highest BCUT2D eigenvalue weighted by atomic mass is 16.6. The molecule has 2 heteroatoms. The lowest BCUT2D eigenvalue weighted by molar-refractivity contribution is -0.119. The first-order chi connectivity index (χ1) is 5.29. The van der Waals surface area contributed by atoms with Crippen molar-refractivity contribution in [2.75, 3.05) is 0 Å². The van der Waals surface area contributed by atoms with E-state index in [1.165, 1.54) is 0 Å². The summed E-state index contributed by atoms with van der Waals surface area (Å²) in [5, 5.41) is 0. The lowest BCUT2D eigenvalue weighted by Crippen LogP contribution is -2.07. The fourth-order valence-corrected chi connectivity index (χ4v) is 1.09.